The minimum absolute atomic E-state index is 0.0564. The van der Waals surface area contributed by atoms with Crippen molar-refractivity contribution in [2.24, 2.45) is 0 Å². The lowest BCUT2D eigenvalue weighted by Crippen LogP contribution is -2.48. The summed E-state index contributed by atoms with van der Waals surface area (Å²) in [5.74, 6) is -1.28. The quantitative estimate of drug-likeness (QED) is 0.349. The fourth-order valence-electron chi connectivity index (χ4n) is 2.98. The van der Waals surface area contributed by atoms with Crippen molar-refractivity contribution in [3.8, 4) is 5.75 Å². The number of rotatable bonds is 5. The maximum atomic E-state index is 13.1. The van der Waals surface area contributed by atoms with Crippen LogP contribution in [0.4, 0.5) is 9.39 Å². The van der Waals surface area contributed by atoms with Crippen molar-refractivity contribution in [1.82, 2.24) is 10.9 Å². The highest BCUT2D eigenvalue weighted by molar-refractivity contribution is 7.80. The molecule has 0 fully saturated rings. The summed E-state index contributed by atoms with van der Waals surface area (Å²) in [4.78, 5) is 25.5. The largest absolute Gasteiger partial charge is 0.479 e. The fourth-order valence-corrected chi connectivity index (χ4v) is 4.69. The first-order valence-electron chi connectivity index (χ1n) is 9.01. The second-order valence-corrected chi connectivity index (χ2v) is 8.38. The van der Waals surface area contributed by atoms with Crippen LogP contribution >= 0.6 is 35.2 Å². The topological polar surface area (TPSA) is 88.7 Å². The number of thiocarbonyl (C=S) groups is 1. The second kappa shape index (κ2) is 9.59. The molecule has 1 aromatic heterocycles. The van der Waals surface area contributed by atoms with Gasteiger partial charge in [-0.2, -0.15) is 0 Å². The van der Waals surface area contributed by atoms with Crippen LogP contribution in [-0.4, -0.2) is 30.2 Å². The number of amides is 1. The second-order valence-electron chi connectivity index (χ2n) is 6.46. The van der Waals surface area contributed by atoms with E-state index in [4.69, 9.17) is 33.3 Å². The normalized spacial score (nSPS) is 13.2. The summed E-state index contributed by atoms with van der Waals surface area (Å²) < 4.78 is 23.4. The highest BCUT2D eigenvalue weighted by Gasteiger charge is 2.27. The van der Waals surface area contributed by atoms with Crippen molar-refractivity contribution in [1.29, 1.82) is 0 Å². The van der Waals surface area contributed by atoms with Gasteiger partial charge < -0.3 is 14.8 Å². The molecule has 160 valence electrons. The molecule has 1 aliphatic carbocycles. The number of nitrogens with one attached hydrogen (secondary N) is 3. The van der Waals surface area contributed by atoms with Gasteiger partial charge in [0.2, 0.25) is 0 Å². The van der Waals surface area contributed by atoms with E-state index < -0.39 is 23.8 Å². The maximum absolute atomic E-state index is 13.1. The van der Waals surface area contributed by atoms with Gasteiger partial charge in [0.1, 0.15) is 16.6 Å². The molecular formula is C19H19ClFN3O4S2. The van der Waals surface area contributed by atoms with Gasteiger partial charge in [0.15, 0.2) is 11.2 Å². The molecule has 0 radical (unpaired) electrons. The predicted molar refractivity (Wildman–Crippen MR) is 117 cm³/mol. The van der Waals surface area contributed by atoms with E-state index in [0.717, 1.165) is 35.8 Å². The number of fused-ring (bicyclic) bond motifs is 1. The Morgan fingerprint density at radius 3 is 2.77 bits per heavy atom. The number of aryl methyl sites for hydroxylation is 1. The van der Waals surface area contributed by atoms with E-state index in [1.54, 1.807) is 0 Å². The van der Waals surface area contributed by atoms with Crippen LogP contribution in [0.2, 0.25) is 5.02 Å². The number of esters is 1. The summed E-state index contributed by atoms with van der Waals surface area (Å²) in [6.45, 7) is 1.51. The Hall–Kier alpha value is -2.43. The van der Waals surface area contributed by atoms with Crippen LogP contribution in [0.25, 0.3) is 0 Å². The van der Waals surface area contributed by atoms with Crippen molar-refractivity contribution in [3.63, 3.8) is 0 Å². The maximum Gasteiger partial charge on any atom is 0.341 e. The summed E-state index contributed by atoms with van der Waals surface area (Å²) in [5.41, 5.74) is 6.46. The highest BCUT2D eigenvalue weighted by atomic mass is 35.5. The van der Waals surface area contributed by atoms with E-state index in [2.05, 4.69) is 16.2 Å². The molecule has 30 heavy (non-hydrogen) atoms. The molecule has 1 aromatic carbocycles. The zero-order valence-electron chi connectivity index (χ0n) is 16.1. The molecule has 0 saturated heterocycles. The first kappa shape index (κ1) is 22.3. The molecule has 1 amide bonds. The van der Waals surface area contributed by atoms with E-state index in [1.807, 2.05) is 0 Å². The van der Waals surface area contributed by atoms with Crippen LogP contribution < -0.4 is 20.9 Å². The summed E-state index contributed by atoms with van der Waals surface area (Å²) in [6.07, 6.45) is 1.79. The van der Waals surface area contributed by atoms with Gasteiger partial charge in [-0.05, 0) is 62.2 Å². The highest BCUT2D eigenvalue weighted by Crippen LogP contribution is 2.39. The predicted octanol–water partition coefficient (Wildman–Crippen LogP) is 3.60. The van der Waals surface area contributed by atoms with Crippen LogP contribution in [0.5, 0.6) is 5.75 Å². The number of hydrazine groups is 1. The minimum atomic E-state index is -0.931. The molecule has 0 spiro atoms. The molecule has 3 rings (SSSR count). The standard InChI is InChI=1S/C19H19ClFN3O4S2/c1-9(28-13-7-6-10(21)8-12(13)20)16(25)23-24-19(29)22-17-15(18(26)27-2)11-4-3-5-14(11)30-17/h6-9H,3-5H2,1-2H3,(H,23,25)(H2,22,24,29)/t9-/m1/s1. The first-order chi connectivity index (χ1) is 14.3. The Balaban J connectivity index is 1.57. The van der Waals surface area contributed by atoms with E-state index in [1.165, 1.54) is 37.5 Å². The summed E-state index contributed by atoms with van der Waals surface area (Å²) >= 11 is 12.6. The van der Waals surface area contributed by atoms with Crippen LogP contribution in [-0.2, 0) is 22.4 Å². The van der Waals surface area contributed by atoms with Crippen LogP contribution in [0.3, 0.4) is 0 Å². The minimum Gasteiger partial charge on any atom is -0.479 e. The molecule has 1 heterocycles. The van der Waals surface area contributed by atoms with Gasteiger partial charge in [-0.25, -0.2) is 9.18 Å². The van der Waals surface area contributed by atoms with Crippen molar-refractivity contribution >= 4 is 57.1 Å². The third-order valence-electron chi connectivity index (χ3n) is 4.40. The molecule has 0 bridgehead atoms. The Bertz CT molecular complexity index is 998. The fraction of sp³-hybridized carbons (Fsp3) is 0.316. The van der Waals surface area contributed by atoms with Crippen molar-refractivity contribution in [3.05, 3.63) is 45.0 Å². The Kier molecular flexibility index (Phi) is 7.11. The van der Waals surface area contributed by atoms with Crippen LogP contribution in [0.1, 0.15) is 34.1 Å². The number of thiophene rings is 1. The zero-order valence-corrected chi connectivity index (χ0v) is 18.5. The average Bonchev–Trinajstić information content (AvgIpc) is 3.28. The van der Waals surface area contributed by atoms with Gasteiger partial charge in [-0.1, -0.05) is 11.6 Å². The van der Waals surface area contributed by atoms with Crippen LogP contribution in [0, 0.1) is 5.82 Å². The van der Waals surface area contributed by atoms with Crippen molar-refractivity contribution < 1.29 is 23.5 Å². The van der Waals surface area contributed by atoms with Crippen molar-refractivity contribution in [2.75, 3.05) is 12.4 Å². The number of methoxy groups -OCH3 is 1. The average molecular weight is 472 g/mol. The molecule has 0 saturated carbocycles. The third-order valence-corrected chi connectivity index (χ3v) is 6.11. The molecule has 2 aromatic rings. The monoisotopic (exact) mass is 471 g/mol. The molecule has 1 atom stereocenters. The van der Waals surface area contributed by atoms with E-state index in [-0.39, 0.29) is 15.9 Å². The molecule has 1 aliphatic rings. The molecule has 3 N–H and O–H groups in total. The van der Waals surface area contributed by atoms with Gasteiger partial charge in [0.25, 0.3) is 5.91 Å². The third kappa shape index (κ3) is 5.00. The number of hydrogen-bond donors (Lipinski definition) is 3. The summed E-state index contributed by atoms with van der Waals surface area (Å²) in [7, 11) is 1.33. The lowest BCUT2D eigenvalue weighted by atomic mass is 10.1. The van der Waals surface area contributed by atoms with Gasteiger partial charge >= 0.3 is 5.97 Å². The number of ether oxygens (including phenoxy) is 2. The molecule has 0 unspecified atom stereocenters. The van der Waals surface area contributed by atoms with E-state index >= 15 is 0 Å². The smallest absolute Gasteiger partial charge is 0.341 e. The lowest BCUT2D eigenvalue weighted by Gasteiger charge is -2.17. The van der Waals surface area contributed by atoms with Gasteiger partial charge in [0.05, 0.1) is 17.7 Å². The number of benzene rings is 1. The SMILES string of the molecule is COC(=O)c1c(NC(=S)NNC(=O)[C@@H](C)Oc2ccc(F)cc2Cl)sc2c1CCC2. The van der Waals surface area contributed by atoms with Gasteiger partial charge in [-0.15, -0.1) is 11.3 Å². The van der Waals surface area contributed by atoms with E-state index in [9.17, 15) is 14.0 Å². The number of carbonyl (C=O) groups is 2. The zero-order chi connectivity index (χ0) is 21.8. The Morgan fingerprint density at radius 1 is 1.30 bits per heavy atom. The number of anilines is 1. The molecule has 7 nitrogen and oxygen atoms in total. The number of hydrogen-bond acceptors (Lipinski definition) is 6. The lowest BCUT2D eigenvalue weighted by molar-refractivity contribution is -0.127. The molecule has 11 heteroatoms. The Labute approximate surface area is 186 Å². The summed E-state index contributed by atoms with van der Waals surface area (Å²) in [5, 5.41) is 3.66. The van der Waals surface area contributed by atoms with E-state index in [0.29, 0.717) is 10.6 Å². The number of carbonyl (C=O) groups excluding carboxylic acids is 2. The van der Waals surface area contributed by atoms with Crippen molar-refractivity contribution in [2.45, 2.75) is 32.3 Å². The van der Waals surface area contributed by atoms with Gasteiger partial charge in [-0.3, -0.25) is 15.6 Å². The first-order valence-corrected chi connectivity index (χ1v) is 10.6. The molecule has 0 aliphatic heterocycles. The Morgan fingerprint density at radius 2 is 2.07 bits per heavy atom. The van der Waals surface area contributed by atoms with Crippen LogP contribution in [0.15, 0.2) is 18.2 Å². The van der Waals surface area contributed by atoms with Gasteiger partial charge in [0, 0.05) is 4.88 Å². The number of halogens is 2. The molecular weight excluding hydrogens is 453 g/mol. The summed E-state index contributed by atoms with van der Waals surface area (Å²) in [6, 6.07) is 3.61.